The number of fused-ring (bicyclic) bond motifs is 2. The molecule has 0 unspecified atom stereocenters. The van der Waals surface area contributed by atoms with Crippen LogP contribution in [0.3, 0.4) is 0 Å². The Morgan fingerprint density at radius 1 is 1.04 bits per heavy atom. The van der Waals surface area contributed by atoms with Gasteiger partial charge in [-0.05, 0) is 36.4 Å². The molecular formula is C18H15FN2O3. The lowest BCUT2D eigenvalue weighted by Gasteiger charge is -2.19. The summed E-state index contributed by atoms with van der Waals surface area (Å²) in [6, 6.07) is 11.5. The average molecular weight is 326 g/mol. The summed E-state index contributed by atoms with van der Waals surface area (Å²) in [5.74, 6) is 1.02. The highest BCUT2D eigenvalue weighted by molar-refractivity contribution is 5.83. The van der Waals surface area contributed by atoms with Gasteiger partial charge in [-0.15, -0.1) is 0 Å². The van der Waals surface area contributed by atoms with Crippen LogP contribution in [0.15, 0.2) is 47.3 Å². The molecule has 4 rings (SSSR count). The lowest BCUT2D eigenvalue weighted by molar-refractivity contribution is 0.172. The highest BCUT2D eigenvalue weighted by Crippen LogP contribution is 2.33. The van der Waals surface area contributed by atoms with Gasteiger partial charge in [0.1, 0.15) is 19.0 Å². The molecule has 0 atom stereocenters. The van der Waals surface area contributed by atoms with Crippen LogP contribution >= 0.6 is 0 Å². The van der Waals surface area contributed by atoms with Gasteiger partial charge in [-0.2, -0.15) is 0 Å². The molecule has 2 aromatic carbocycles. The molecule has 1 aliphatic heterocycles. The predicted molar refractivity (Wildman–Crippen MR) is 89.3 cm³/mol. The molecule has 0 radical (unpaired) electrons. The van der Waals surface area contributed by atoms with Crippen LogP contribution in [0.4, 0.5) is 10.1 Å². The fourth-order valence-electron chi connectivity index (χ4n) is 2.68. The largest absolute Gasteiger partial charge is 0.486 e. The lowest BCUT2D eigenvalue weighted by Crippen LogP contribution is -2.17. The van der Waals surface area contributed by atoms with Gasteiger partial charge in [-0.3, -0.25) is 4.79 Å². The summed E-state index contributed by atoms with van der Waals surface area (Å²) in [6.07, 6.45) is 0. The Morgan fingerprint density at radius 2 is 1.75 bits per heavy atom. The maximum Gasteiger partial charge on any atom is 0.253 e. The van der Waals surface area contributed by atoms with Crippen molar-refractivity contribution in [3.8, 4) is 11.5 Å². The van der Waals surface area contributed by atoms with Crippen molar-refractivity contribution in [2.75, 3.05) is 18.5 Å². The van der Waals surface area contributed by atoms with Crippen LogP contribution in [-0.2, 0) is 6.54 Å². The van der Waals surface area contributed by atoms with E-state index in [1.54, 1.807) is 18.2 Å². The molecule has 0 spiro atoms. The Bertz CT molecular complexity index is 951. The molecule has 5 nitrogen and oxygen atoms in total. The second-order valence-electron chi connectivity index (χ2n) is 5.57. The van der Waals surface area contributed by atoms with Crippen molar-refractivity contribution >= 4 is 16.6 Å². The number of H-pyrrole nitrogens is 1. The first-order valence-corrected chi connectivity index (χ1v) is 7.64. The van der Waals surface area contributed by atoms with Gasteiger partial charge < -0.3 is 19.8 Å². The topological polar surface area (TPSA) is 63.4 Å². The van der Waals surface area contributed by atoms with Crippen LogP contribution in [0.2, 0.25) is 0 Å². The van der Waals surface area contributed by atoms with Gasteiger partial charge in [0, 0.05) is 29.2 Å². The number of ether oxygens (including phenoxy) is 2. The second-order valence-corrected chi connectivity index (χ2v) is 5.57. The van der Waals surface area contributed by atoms with Crippen LogP contribution in [0.1, 0.15) is 5.56 Å². The fraction of sp³-hybridized carbons (Fsp3) is 0.167. The number of hydrogen-bond acceptors (Lipinski definition) is 4. The average Bonchev–Trinajstić information content (AvgIpc) is 2.59. The number of anilines is 1. The Morgan fingerprint density at radius 3 is 2.50 bits per heavy atom. The van der Waals surface area contributed by atoms with Crippen LogP contribution in [0, 0.1) is 5.82 Å². The highest BCUT2D eigenvalue weighted by Gasteiger charge is 2.14. The normalized spacial score (nSPS) is 13.0. The zero-order valence-electron chi connectivity index (χ0n) is 12.8. The first kappa shape index (κ1) is 14.6. The summed E-state index contributed by atoms with van der Waals surface area (Å²) in [5.41, 5.74) is 1.87. The molecule has 0 amide bonds. The third kappa shape index (κ3) is 2.78. The summed E-state index contributed by atoms with van der Waals surface area (Å²) in [5, 5.41) is 3.98. The molecule has 24 heavy (non-hydrogen) atoms. The van der Waals surface area contributed by atoms with Gasteiger partial charge in [0.25, 0.3) is 5.56 Å². The van der Waals surface area contributed by atoms with Crippen LogP contribution < -0.4 is 20.3 Å². The SMILES string of the molecule is O=c1[nH]c2cc3c(cc2cc1CNc1ccc(F)cc1)OCCO3. The Labute approximate surface area is 137 Å². The van der Waals surface area contributed by atoms with E-state index in [2.05, 4.69) is 10.3 Å². The van der Waals surface area contributed by atoms with Gasteiger partial charge in [-0.25, -0.2) is 4.39 Å². The van der Waals surface area contributed by atoms with Crippen molar-refractivity contribution in [3.05, 3.63) is 64.2 Å². The summed E-state index contributed by atoms with van der Waals surface area (Å²) >= 11 is 0. The molecule has 2 heterocycles. The number of aromatic nitrogens is 1. The van der Waals surface area contributed by atoms with Gasteiger partial charge in [-0.1, -0.05) is 0 Å². The minimum atomic E-state index is -0.295. The third-order valence-corrected chi connectivity index (χ3v) is 3.91. The lowest BCUT2D eigenvalue weighted by atomic mass is 10.1. The third-order valence-electron chi connectivity index (χ3n) is 3.91. The number of aromatic amines is 1. The number of nitrogens with one attached hydrogen (secondary N) is 2. The van der Waals surface area contributed by atoms with E-state index in [-0.39, 0.29) is 11.4 Å². The molecule has 1 aromatic heterocycles. The summed E-state index contributed by atoms with van der Waals surface area (Å²) in [7, 11) is 0. The highest BCUT2D eigenvalue weighted by atomic mass is 19.1. The molecule has 3 aromatic rings. The number of benzene rings is 2. The minimum Gasteiger partial charge on any atom is -0.486 e. The van der Waals surface area contributed by atoms with Gasteiger partial charge >= 0.3 is 0 Å². The van der Waals surface area contributed by atoms with Crippen LogP contribution in [0.5, 0.6) is 11.5 Å². The predicted octanol–water partition coefficient (Wildman–Crippen LogP) is 3.05. The molecule has 1 aliphatic rings. The van der Waals surface area contributed by atoms with E-state index in [0.29, 0.717) is 42.3 Å². The van der Waals surface area contributed by atoms with E-state index in [0.717, 1.165) is 11.1 Å². The molecule has 0 saturated carbocycles. The minimum absolute atomic E-state index is 0.172. The number of rotatable bonds is 3. The van der Waals surface area contributed by atoms with Crippen molar-refractivity contribution in [1.82, 2.24) is 4.98 Å². The van der Waals surface area contributed by atoms with Crippen molar-refractivity contribution < 1.29 is 13.9 Å². The van der Waals surface area contributed by atoms with Gasteiger partial charge in [0.2, 0.25) is 0 Å². The molecule has 6 heteroatoms. The van der Waals surface area contributed by atoms with Crippen molar-refractivity contribution in [3.63, 3.8) is 0 Å². The summed E-state index contributed by atoms with van der Waals surface area (Å²) in [6.45, 7) is 1.36. The van der Waals surface area contributed by atoms with E-state index in [4.69, 9.17) is 9.47 Å². The molecule has 2 N–H and O–H groups in total. The zero-order valence-corrected chi connectivity index (χ0v) is 12.8. The monoisotopic (exact) mass is 326 g/mol. The maximum atomic E-state index is 12.9. The maximum absolute atomic E-state index is 12.9. The van der Waals surface area contributed by atoms with E-state index < -0.39 is 0 Å². The Balaban J connectivity index is 1.64. The van der Waals surface area contributed by atoms with Crippen molar-refractivity contribution in [2.24, 2.45) is 0 Å². The van der Waals surface area contributed by atoms with Gasteiger partial charge in [0.05, 0.1) is 5.52 Å². The summed E-state index contributed by atoms with van der Waals surface area (Å²) in [4.78, 5) is 15.1. The molecule has 0 saturated heterocycles. The van der Waals surface area contributed by atoms with E-state index >= 15 is 0 Å². The number of halogens is 1. The van der Waals surface area contributed by atoms with Crippen molar-refractivity contribution in [1.29, 1.82) is 0 Å². The van der Waals surface area contributed by atoms with E-state index in [9.17, 15) is 9.18 Å². The quantitative estimate of drug-likeness (QED) is 0.776. The zero-order chi connectivity index (χ0) is 16.5. The second kappa shape index (κ2) is 5.88. The summed E-state index contributed by atoms with van der Waals surface area (Å²) < 4.78 is 24.0. The van der Waals surface area contributed by atoms with E-state index in [1.807, 2.05) is 12.1 Å². The number of hydrogen-bond donors (Lipinski definition) is 2. The van der Waals surface area contributed by atoms with Crippen LogP contribution in [-0.4, -0.2) is 18.2 Å². The molecule has 122 valence electrons. The van der Waals surface area contributed by atoms with E-state index in [1.165, 1.54) is 12.1 Å². The first-order chi connectivity index (χ1) is 11.7. The molecular weight excluding hydrogens is 311 g/mol. The molecule has 0 aliphatic carbocycles. The first-order valence-electron chi connectivity index (χ1n) is 7.64. The smallest absolute Gasteiger partial charge is 0.253 e. The van der Waals surface area contributed by atoms with Crippen molar-refractivity contribution in [2.45, 2.75) is 6.54 Å². The van der Waals surface area contributed by atoms with Crippen LogP contribution in [0.25, 0.3) is 10.9 Å². The standard InChI is InChI=1S/C18H15FN2O3/c19-13-1-3-14(4-2-13)20-10-12-7-11-8-16-17(24-6-5-23-16)9-15(11)21-18(12)22/h1-4,7-9,20H,5-6,10H2,(H,21,22). The fourth-order valence-corrected chi connectivity index (χ4v) is 2.68. The number of pyridine rings is 1. The Hall–Kier alpha value is -3.02. The van der Waals surface area contributed by atoms with Gasteiger partial charge in [0.15, 0.2) is 11.5 Å². The Kier molecular flexibility index (Phi) is 3.57. The molecule has 0 fully saturated rings. The molecule has 0 bridgehead atoms.